The van der Waals surface area contributed by atoms with E-state index < -0.39 is 4.92 Å². The molecule has 0 atom stereocenters. The van der Waals surface area contributed by atoms with Gasteiger partial charge in [-0.1, -0.05) is 0 Å². The highest BCUT2D eigenvalue weighted by Gasteiger charge is 2.04. The van der Waals surface area contributed by atoms with Crippen LogP contribution in [0.3, 0.4) is 0 Å². The summed E-state index contributed by atoms with van der Waals surface area (Å²) >= 11 is 1.77. The van der Waals surface area contributed by atoms with Crippen molar-refractivity contribution in [2.45, 2.75) is 6.54 Å². The summed E-state index contributed by atoms with van der Waals surface area (Å²) in [6, 6.07) is 3.14. The fourth-order valence-electron chi connectivity index (χ4n) is 1.02. The largest absolute Gasteiger partial charge is 0.310 e. The highest BCUT2D eigenvalue weighted by atomic mass is 32.2. The van der Waals surface area contributed by atoms with Crippen LogP contribution in [-0.2, 0) is 6.54 Å². The molecule has 82 valence electrons. The summed E-state index contributed by atoms with van der Waals surface area (Å²) in [5, 5.41) is 13.6. The monoisotopic (exact) mass is 227 g/mol. The average Bonchev–Trinajstić information content (AvgIpc) is 2.25. The van der Waals surface area contributed by atoms with Crippen LogP contribution >= 0.6 is 11.8 Å². The lowest BCUT2D eigenvalue weighted by Gasteiger charge is -2.02. The Balaban J connectivity index is 2.39. The number of rotatable bonds is 6. The summed E-state index contributed by atoms with van der Waals surface area (Å²) in [6.07, 6.45) is 3.33. The first-order valence-electron chi connectivity index (χ1n) is 4.53. The van der Waals surface area contributed by atoms with Crippen molar-refractivity contribution in [3.05, 3.63) is 34.1 Å². The smallest absolute Gasteiger partial charge is 0.287 e. The standard InChI is InChI=1S/C9H13N3O2S/c1-15-5-4-10-6-8-2-3-9(7-11-8)12(13)14/h2-3,7,10H,4-6H2,1H3. The van der Waals surface area contributed by atoms with Gasteiger partial charge in [-0.2, -0.15) is 11.8 Å². The molecule has 0 aliphatic carbocycles. The lowest BCUT2D eigenvalue weighted by molar-refractivity contribution is -0.385. The van der Waals surface area contributed by atoms with E-state index in [4.69, 9.17) is 0 Å². The summed E-state index contributed by atoms with van der Waals surface area (Å²) in [5.74, 6) is 1.05. The zero-order valence-corrected chi connectivity index (χ0v) is 9.29. The van der Waals surface area contributed by atoms with Crippen molar-refractivity contribution in [1.29, 1.82) is 0 Å². The minimum absolute atomic E-state index is 0.0304. The first kappa shape index (κ1) is 11.9. The number of hydrogen-bond donors (Lipinski definition) is 1. The molecular weight excluding hydrogens is 214 g/mol. The molecule has 0 amide bonds. The van der Waals surface area contributed by atoms with E-state index in [9.17, 15) is 10.1 Å². The van der Waals surface area contributed by atoms with Crippen molar-refractivity contribution in [2.24, 2.45) is 0 Å². The Morgan fingerprint density at radius 1 is 1.60 bits per heavy atom. The Kier molecular flexibility index (Phi) is 5.06. The molecule has 1 aromatic heterocycles. The lowest BCUT2D eigenvalue weighted by Crippen LogP contribution is -2.17. The lowest BCUT2D eigenvalue weighted by atomic mass is 10.3. The van der Waals surface area contributed by atoms with Gasteiger partial charge < -0.3 is 5.32 Å². The summed E-state index contributed by atoms with van der Waals surface area (Å²) in [4.78, 5) is 13.9. The molecule has 1 N–H and O–H groups in total. The van der Waals surface area contributed by atoms with E-state index in [1.807, 2.05) is 6.26 Å². The fraction of sp³-hybridized carbons (Fsp3) is 0.444. The van der Waals surface area contributed by atoms with Gasteiger partial charge in [-0.05, 0) is 12.3 Å². The highest BCUT2D eigenvalue weighted by molar-refractivity contribution is 7.98. The van der Waals surface area contributed by atoms with Crippen molar-refractivity contribution in [3.8, 4) is 0 Å². The van der Waals surface area contributed by atoms with Gasteiger partial charge in [0.05, 0.1) is 10.6 Å². The second-order valence-electron chi connectivity index (χ2n) is 2.93. The first-order valence-corrected chi connectivity index (χ1v) is 5.92. The predicted octanol–water partition coefficient (Wildman–Crippen LogP) is 1.44. The Morgan fingerprint density at radius 3 is 2.93 bits per heavy atom. The topological polar surface area (TPSA) is 68.1 Å². The summed E-state index contributed by atoms with van der Waals surface area (Å²) < 4.78 is 0. The molecule has 0 aliphatic rings. The van der Waals surface area contributed by atoms with E-state index in [0.717, 1.165) is 18.0 Å². The van der Waals surface area contributed by atoms with Crippen LogP contribution in [0, 0.1) is 10.1 Å². The van der Waals surface area contributed by atoms with Gasteiger partial charge >= 0.3 is 0 Å². The number of hydrogen-bond acceptors (Lipinski definition) is 5. The molecule has 0 unspecified atom stereocenters. The third-order valence-electron chi connectivity index (χ3n) is 1.81. The van der Waals surface area contributed by atoms with Crippen molar-refractivity contribution in [3.63, 3.8) is 0 Å². The van der Waals surface area contributed by atoms with Gasteiger partial charge in [-0.3, -0.25) is 15.1 Å². The minimum atomic E-state index is -0.446. The molecule has 0 saturated carbocycles. The predicted molar refractivity (Wildman–Crippen MR) is 61.0 cm³/mol. The van der Waals surface area contributed by atoms with Crippen LogP contribution in [0.2, 0.25) is 0 Å². The van der Waals surface area contributed by atoms with Crippen LogP contribution in [0.1, 0.15) is 5.69 Å². The molecule has 0 aliphatic heterocycles. The molecule has 1 rings (SSSR count). The fourth-order valence-corrected chi connectivity index (χ4v) is 1.37. The number of nitrogens with one attached hydrogen (secondary N) is 1. The normalized spacial score (nSPS) is 10.2. The quantitative estimate of drug-likeness (QED) is 0.452. The minimum Gasteiger partial charge on any atom is -0.310 e. The third kappa shape index (κ3) is 4.26. The van der Waals surface area contributed by atoms with Crippen molar-refractivity contribution >= 4 is 17.4 Å². The van der Waals surface area contributed by atoms with Gasteiger partial charge in [-0.25, -0.2) is 0 Å². The average molecular weight is 227 g/mol. The second kappa shape index (κ2) is 6.36. The SMILES string of the molecule is CSCCNCc1ccc([N+](=O)[O-])cn1. The van der Waals surface area contributed by atoms with Crippen LogP contribution in [-0.4, -0.2) is 28.5 Å². The third-order valence-corrected chi connectivity index (χ3v) is 2.42. The highest BCUT2D eigenvalue weighted by Crippen LogP contribution is 2.08. The summed E-state index contributed by atoms with van der Waals surface area (Å²) in [5.41, 5.74) is 0.851. The van der Waals surface area contributed by atoms with Crippen LogP contribution < -0.4 is 5.32 Å². The maximum atomic E-state index is 10.4. The molecule has 0 spiro atoms. The van der Waals surface area contributed by atoms with Crippen LogP contribution in [0.25, 0.3) is 0 Å². The Hall–Kier alpha value is -1.14. The van der Waals surface area contributed by atoms with E-state index in [1.165, 1.54) is 12.3 Å². The van der Waals surface area contributed by atoms with Crippen LogP contribution in [0.4, 0.5) is 5.69 Å². The molecule has 5 nitrogen and oxygen atoms in total. The van der Waals surface area contributed by atoms with Gasteiger partial charge in [0, 0.05) is 24.9 Å². The molecule has 0 saturated heterocycles. The number of nitrogens with zero attached hydrogens (tertiary/aromatic N) is 2. The number of thioether (sulfide) groups is 1. The summed E-state index contributed by atoms with van der Waals surface area (Å²) in [7, 11) is 0. The number of pyridine rings is 1. The van der Waals surface area contributed by atoms with E-state index >= 15 is 0 Å². The van der Waals surface area contributed by atoms with Gasteiger partial charge in [0.2, 0.25) is 0 Å². The Labute approximate surface area is 92.4 Å². The molecule has 0 radical (unpaired) electrons. The maximum absolute atomic E-state index is 10.4. The van der Waals surface area contributed by atoms with Gasteiger partial charge in [0.25, 0.3) is 5.69 Å². The molecular formula is C9H13N3O2S. The Morgan fingerprint density at radius 2 is 2.40 bits per heavy atom. The molecule has 6 heteroatoms. The van der Waals surface area contributed by atoms with Crippen molar-refractivity contribution < 1.29 is 4.92 Å². The molecule has 0 aromatic carbocycles. The molecule has 0 fully saturated rings. The maximum Gasteiger partial charge on any atom is 0.287 e. The van der Waals surface area contributed by atoms with Crippen LogP contribution in [0.15, 0.2) is 18.3 Å². The van der Waals surface area contributed by atoms with E-state index in [-0.39, 0.29) is 5.69 Å². The first-order chi connectivity index (χ1) is 7.24. The van der Waals surface area contributed by atoms with Gasteiger partial charge in [-0.15, -0.1) is 0 Å². The zero-order valence-electron chi connectivity index (χ0n) is 8.47. The van der Waals surface area contributed by atoms with E-state index in [1.54, 1.807) is 17.8 Å². The Bertz CT molecular complexity index is 316. The molecule has 1 heterocycles. The summed E-state index contributed by atoms with van der Waals surface area (Å²) in [6.45, 7) is 1.57. The molecule has 1 aromatic rings. The van der Waals surface area contributed by atoms with Gasteiger partial charge in [0.1, 0.15) is 6.20 Å². The van der Waals surface area contributed by atoms with Crippen LogP contribution in [0.5, 0.6) is 0 Å². The number of aromatic nitrogens is 1. The van der Waals surface area contributed by atoms with Gasteiger partial charge in [0.15, 0.2) is 0 Å². The molecule has 0 bridgehead atoms. The van der Waals surface area contributed by atoms with E-state index in [0.29, 0.717) is 6.54 Å². The van der Waals surface area contributed by atoms with Crippen molar-refractivity contribution in [1.82, 2.24) is 10.3 Å². The second-order valence-corrected chi connectivity index (χ2v) is 3.92. The number of nitro groups is 1. The zero-order chi connectivity index (χ0) is 11.1. The van der Waals surface area contributed by atoms with Crippen molar-refractivity contribution in [2.75, 3.05) is 18.6 Å². The van der Waals surface area contributed by atoms with E-state index in [2.05, 4.69) is 10.3 Å². The molecule has 15 heavy (non-hydrogen) atoms.